The molecule has 2 fully saturated rings. The highest BCUT2D eigenvalue weighted by Gasteiger charge is 2.26. The first-order valence-electron chi connectivity index (χ1n) is 13.2. The zero-order chi connectivity index (χ0) is 27.5. The summed E-state index contributed by atoms with van der Waals surface area (Å²) in [6.07, 6.45) is 7.28. The molecule has 2 aliphatic heterocycles. The van der Waals surface area contributed by atoms with Crippen LogP contribution in [0.5, 0.6) is 5.75 Å². The van der Waals surface area contributed by atoms with Crippen molar-refractivity contribution in [3.8, 4) is 17.0 Å². The number of benzene rings is 1. The van der Waals surface area contributed by atoms with Crippen molar-refractivity contribution in [3.63, 3.8) is 0 Å². The highest BCUT2D eigenvalue weighted by atomic mass is 32.2. The lowest BCUT2D eigenvalue weighted by Gasteiger charge is -2.32. The number of hydrogen-bond donors (Lipinski definition) is 3. The van der Waals surface area contributed by atoms with Gasteiger partial charge < -0.3 is 19.9 Å². The Kier molecular flexibility index (Phi) is 7.47. The smallest absolute Gasteiger partial charge is 0.290 e. The number of H-pyrrole nitrogens is 1. The fourth-order valence-corrected chi connectivity index (χ4v) is 5.72. The quantitative estimate of drug-likeness (QED) is 0.272. The number of pyridine rings is 1. The SMILES string of the molecule is COc1ccc(-c2ccc3[nH]ccc3c2)nc1CNCC1CCN(c2nccc(/C=C3\SC(=O)NC3=O)n2)CC1. The molecule has 2 amide bonds. The van der Waals surface area contributed by atoms with E-state index in [1.165, 1.54) is 0 Å². The van der Waals surface area contributed by atoms with E-state index < -0.39 is 0 Å². The van der Waals surface area contributed by atoms with Crippen molar-refractivity contribution in [2.24, 2.45) is 5.92 Å². The normalized spacial score (nSPS) is 17.1. The number of piperidine rings is 1. The average Bonchev–Trinajstić information content (AvgIpc) is 3.58. The van der Waals surface area contributed by atoms with Crippen molar-refractivity contribution < 1.29 is 14.3 Å². The average molecular weight is 556 g/mol. The Morgan fingerprint density at radius 3 is 2.80 bits per heavy atom. The molecule has 2 aliphatic rings. The third kappa shape index (κ3) is 5.70. The summed E-state index contributed by atoms with van der Waals surface area (Å²) in [5.41, 5.74) is 4.60. The van der Waals surface area contributed by atoms with Gasteiger partial charge in [-0.15, -0.1) is 0 Å². The minimum absolute atomic E-state index is 0.345. The van der Waals surface area contributed by atoms with E-state index in [9.17, 15) is 9.59 Å². The van der Waals surface area contributed by atoms with Crippen LogP contribution in [0.4, 0.5) is 10.7 Å². The molecule has 40 heavy (non-hydrogen) atoms. The number of nitrogens with one attached hydrogen (secondary N) is 3. The first-order valence-corrected chi connectivity index (χ1v) is 14.0. The number of thioether (sulfide) groups is 1. The zero-order valence-electron chi connectivity index (χ0n) is 22.0. The molecule has 4 aromatic rings. The van der Waals surface area contributed by atoms with Gasteiger partial charge >= 0.3 is 0 Å². The molecule has 204 valence electrons. The van der Waals surface area contributed by atoms with Gasteiger partial charge in [0.1, 0.15) is 5.75 Å². The van der Waals surface area contributed by atoms with Gasteiger partial charge in [-0.1, -0.05) is 6.07 Å². The van der Waals surface area contributed by atoms with Crippen LogP contribution < -0.4 is 20.3 Å². The number of methoxy groups -OCH3 is 1. The maximum atomic E-state index is 11.8. The number of fused-ring (bicyclic) bond motifs is 1. The lowest BCUT2D eigenvalue weighted by atomic mass is 9.97. The van der Waals surface area contributed by atoms with E-state index in [2.05, 4.69) is 54.8 Å². The second kappa shape index (κ2) is 11.5. The van der Waals surface area contributed by atoms with Crippen LogP contribution in [0.3, 0.4) is 0 Å². The molecule has 0 saturated carbocycles. The molecule has 0 atom stereocenters. The Labute approximate surface area is 235 Å². The molecule has 0 aliphatic carbocycles. The largest absolute Gasteiger partial charge is 0.495 e. The Morgan fingerprint density at radius 2 is 2.00 bits per heavy atom. The fourth-order valence-electron chi connectivity index (χ4n) is 5.06. The number of hydrogen-bond acceptors (Lipinski definition) is 9. The number of amides is 2. The third-order valence-corrected chi connectivity index (χ3v) is 8.02. The molecule has 0 radical (unpaired) electrons. The monoisotopic (exact) mass is 555 g/mol. The molecule has 5 heterocycles. The predicted molar refractivity (Wildman–Crippen MR) is 156 cm³/mol. The maximum Gasteiger partial charge on any atom is 0.290 e. The van der Waals surface area contributed by atoms with Gasteiger partial charge in [-0.05, 0) is 79.5 Å². The minimum atomic E-state index is -0.388. The molecule has 6 rings (SSSR count). The van der Waals surface area contributed by atoms with Crippen molar-refractivity contribution >= 4 is 45.8 Å². The van der Waals surface area contributed by atoms with Crippen LogP contribution in [0.1, 0.15) is 24.2 Å². The van der Waals surface area contributed by atoms with Gasteiger partial charge in [0.05, 0.1) is 29.1 Å². The van der Waals surface area contributed by atoms with Crippen LogP contribution in [-0.4, -0.2) is 57.8 Å². The summed E-state index contributed by atoms with van der Waals surface area (Å²) in [6.45, 7) is 3.20. The van der Waals surface area contributed by atoms with Crippen LogP contribution >= 0.6 is 11.8 Å². The van der Waals surface area contributed by atoms with Crippen molar-refractivity contribution in [1.29, 1.82) is 0 Å². The van der Waals surface area contributed by atoms with E-state index in [0.29, 0.717) is 29.0 Å². The maximum absolute atomic E-state index is 11.8. The van der Waals surface area contributed by atoms with Gasteiger partial charge in [0, 0.05) is 48.5 Å². The van der Waals surface area contributed by atoms with Crippen LogP contribution in [0.2, 0.25) is 0 Å². The van der Waals surface area contributed by atoms with Gasteiger partial charge in [0.15, 0.2) is 0 Å². The highest BCUT2D eigenvalue weighted by molar-refractivity contribution is 8.18. The lowest BCUT2D eigenvalue weighted by Crippen LogP contribution is -2.38. The van der Waals surface area contributed by atoms with E-state index in [0.717, 1.165) is 77.8 Å². The first kappa shape index (κ1) is 26.0. The minimum Gasteiger partial charge on any atom is -0.495 e. The molecule has 1 aromatic carbocycles. The van der Waals surface area contributed by atoms with Gasteiger partial charge in [-0.3, -0.25) is 14.9 Å². The zero-order valence-corrected chi connectivity index (χ0v) is 22.8. The molecule has 3 N–H and O–H groups in total. The number of nitrogens with zero attached hydrogens (tertiary/aromatic N) is 4. The second-order valence-corrected chi connectivity index (χ2v) is 10.8. The van der Waals surface area contributed by atoms with E-state index >= 15 is 0 Å². The molecule has 0 bridgehead atoms. The number of carbonyl (C=O) groups is 2. The van der Waals surface area contributed by atoms with Gasteiger partial charge in [0.25, 0.3) is 11.1 Å². The van der Waals surface area contributed by atoms with Crippen LogP contribution in [0.25, 0.3) is 28.2 Å². The first-order chi connectivity index (χ1) is 19.6. The summed E-state index contributed by atoms with van der Waals surface area (Å²) < 4.78 is 5.59. The number of anilines is 1. The van der Waals surface area contributed by atoms with Crippen molar-refractivity contribution in [1.82, 2.24) is 30.6 Å². The number of ether oxygens (including phenoxy) is 1. The summed E-state index contributed by atoms with van der Waals surface area (Å²) in [5.74, 6) is 1.55. The Morgan fingerprint density at radius 1 is 1.12 bits per heavy atom. The van der Waals surface area contributed by atoms with Crippen molar-refractivity contribution in [2.45, 2.75) is 19.4 Å². The molecule has 0 unspecified atom stereocenters. The fraction of sp³-hybridized carbons (Fsp3) is 0.276. The summed E-state index contributed by atoms with van der Waals surface area (Å²) >= 11 is 0.886. The van der Waals surface area contributed by atoms with Crippen molar-refractivity contribution in [2.75, 3.05) is 31.6 Å². The third-order valence-electron chi connectivity index (χ3n) is 7.21. The summed E-state index contributed by atoms with van der Waals surface area (Å²) in [5, 5.41) is 6.65. The molecule has 10 nitrogen and oxygen atoms in total. The number of aromatic amines is 1. The van der Waals surface area contributed by atoms with Gasteiger partial charge in [0.2, 0.25) is 5.95 Å². The topological polar surface area (TPSA) is 125 Å². The second-order valence-electron chi connectivity index (χ2n) is 9.82. The highest BCUT2D eigenvalue weighted by Crippen LogP contribution is 2.28. The Bertz CT molecular complexity index is 1590. The van der Waals surface area contributed by atoms with E-state index in [4.69, 9.17) is 9.72 Å². The molecule has 2 saturated heterocycles. The van der Waals surface area contributed by atoms with Gasteiger partial charge in [-0.25, -0.2) is 15.0 Å². The molecule has 11 heteroatoms. The van der Waals surface area contributed by atoms with E-state index in [1.807, 2.05) is 18.3 Å². The molecule has 3 aromatic heterocycles. The number of aromatic nitrogens is 4. The summed E-state index contributed by atoms with van der Waals surface area (Å²) in [4.78, 5) is 43.0. The summed E-state index contributed by atoms with van der Waals surface area (Å²) in [7, 11) is 1.68. The van der Waals surface area contributed by atoms with E-state index in [-0.39, 0.29) is 11.1 Å². The predicted octanol–water partition coefficient (Wildman–Crippen LogP) is 4.36. The van der Waals surface area contributed by atoms with E-state index in [1.54, 1.807) is 25.4 Å². The van der Waals surface area contributed by atoms with Crippen molar-refractivity contribution in [3.05, 3.63) is 71.2 Å². The molecular weight excluding hydrogens is 526 g/mol. The van der Waals surface area contributed by atoms with Crippen LogP contribution in [0.15, 0.2) is 59.8 Å². The number of imide groups is 1. The Balaban J connectivity index is 1.04. The summed E-state index contributed by atoms with van der Waals surface area (Å²) in [6, 6.07) is 14.1. The standard InChI is InChI=1S/C29H29N7O3S/c1-39-25-5-4-23(19-2-3-22-20(14-19)6-10-31-22)34-24(25)17-30-16-18-8-12-36(13-9-18)28-32-11-7-21(33-28)15-26-27(37)35-29(38)40-26/h2-7,10-11,14-15,18,30-31H,8-9,12-13,16-17H2,1H3,(H,35,37,38)/b26-15-. The van der Waals surface area contributed by atoms with Crippen LogP contribution in [-0.2, 0) is 11.3 Å². The van der Waals surface area contributed by atoms with Crippen LogP contribution in [0, 0.1) is 5.92 Å². The molecule has 0 spiro atoms. The molecular formula is C29H29N7O3S. The number of rotatable bonds is 8. The number of carbonyl (C=O) groups excluding carboxylic acids is 2. The lowest BCUT2D eigenvalue weighted by molar-refractivity contribution is -0.115. The van der Waals surface area contributed by atoms with Gasteiger partial charge in [-0.2, -0.15) is 0 Å². The Hall–Kier alpha value is -4.22.